The molecule has 10 nitrogen and oxygen atoms in total. The monoisotopic (exact) mass is 535 g/mol. The first-order valence-corrected chi connectivity index (χ1v) is 13.2. The van der Waals surface area contributed by atoms with Crippen molar-refractivity contribution >= 4 is 17.1 Å². The second kappa shape index (κ2) is 11.1. The Kier molecular flexibility index (Phi) is 7.62. The van der Waals surface area contributed by atoms with Gasteiger partial charge in [0.1, 0.15) is 22.9 Å². The van der Waals surface area contributed by atoms with Gasteiger partial charge in [-0.2, -0.15) is 0 Å². The number of carbonyl (C=O) groups is 1. The summed E-state index contributed by atoms with van der Waals surface area (Å²) in [6.07, 6.45) is 5.75. The van der Waals surface area contributed by atoms with Gasteiger partial charge in [0.15, 0.2) is 5.78 Å². The zero-order valence-corrected chi connectivity index (χ0v) is 23.0. The topological polar surface area (TPSA) is 90.0 Å². The number of fused-ring (bicyclic) bond motifs is 1. The van der Waals surface area contributed by atoms with Crippen LogP contribution in [0.2, 0.25) is 0 Å². The number of hydrogen-bond acceptors (Lipinski definition) is 8. The number of hydrogen-bond donors (Lipinski definition) is 0. The third-order valence-corrected chi connectivity index (χ3v) is 7.16. The Labute approximate surface area is 226 Å². The second-order valence-electron chi connectivity index (χ2n) is 9.88. The molecule has 206 valence electrons. The summed E-state index contributed by atoms with van der Waals surface area (Å²) in [5.41, 5.74) is 4.32. The first kappa shape index (κ1) is 26.8. The molecule has 0 unspecified atom stereocenters. The van der Waals surface area contributed by atoms with Gasteiger partial charge in [-0.1, -0.05) is 5.21 Å². The molecule has 39 heavy (non-hydrogen) atoms. The molecule has 0 bridgehead atoms. The smallest absolute Gasteiger partial charge is 0.162 e. The van der Waals surface area contributed by atoms with E-state index in [2.05, 4.69) is 32.0 Å². The lowest BCUT2D eigenvalue weighted by Gasteiger charge is -2.37. The van der Waals surface area contributed by atoms with Gasteiger partial charge in [-0.15, -0.1) is 5.10 Å². The molecule has 4 aromatic rings. The molecule has 0 amide bonds. The maximum Gasteiger partial charge on any atom is 0.162 e. The fourth-order valence-corrected chi connectivity index (χ4v) is 5.13. The Morgan fingerprint density at radius 1 is 1.13 bits per heavy atom. The Morgan fingerprint density at radius 3 is 2.59 bits per heavy atom. The van der Waals surface area contributed by atoms with Gasteiger partial charge in [0.2, 0.25) is 0 Å². The van der Waals surface area contributed by atoms with Crippen LogP contribution in [-0.4, -0.2) is 87.6 Å². The third-order valence-electron chi connectivity index (χ3n) is 7.16. The Balaban J connectivity index is 1.43. The number of methoxy groups -OCH3 is 1. The van der Waals surface area contributed by atoms with E-state index in [-0.39, 0.29) is 17.5 Å². The zero-order chi connectivity index (χ0) is 27.7. The number of aryl methyl sites for hydroxylation is 1. The van der Waals surface area contributed by atoms with Gasteiger partial charge < -0.3 is 14.4 Å². The quantitative estimate of drug-likeness (QED) is 0.299. The van der Waals surface area contributed by atoms with Crippen molar-refractivity contribution in [3.8, 4) is 22.8 Å². The van der Waals surface area contributed by atoms with E-state index >= 15 is 0 Å². The van der Waals surface area contributed by atoms with Gasteiger partial charge >= 0.3 is 0 Å². The molecule has 0 N–H and O–H groups in total. The number of nitrogens with zero attached hydrogens (tertiary/aromatic N) is 7. The number of benzene rings is 1. The molecule has 1 saturated heterocycles. The normalized spacial score (nSPS) is 15.2. The maximum absolute atomic E-state index is 14.3. The van der Waals surface area contributed by atoms with E-state index in [4.69, 9.17) is 9.47 Å². The minimum absolute atomic E-state index is 0.0200. The number of imidazole rings is 1. The van der Waals surface area contributed by atoms with Gasteiger partial charge in [-0.25, -0.2) is 14.1 Å². The van der Waals surface area contributed by atoms with Crippen molar-refractivity contribution in [3.63, 3.8) is 0 Å². The largest absolute Gasteiger partial charge is 0.494 e. The summed E-state index contributed by atoms with van der Waals surface area (Å²) in [5.74, 6) is -0.128. The van der Waals surface area contributed by atoms with Gasteiger partial charge in [-0.3, -0.25) is 14.1 Å². The Morgan fingerprint density at radius 2 is 1.90 bits per heavy atom. The average Bonchev–Trinajstić information content (AvgIpc) is 3.55. The summed E-state index contributed by atoms with van der Waals surface area (Å²) in [7, 11) is 1.67. The number of ketones is 1. The summed E-state index contributed by atoms with van der Waals surface area (Å²) in [6, 6.07) is 4.78. The van der Waals surface area contributed by atoms with Crippen LogP contribution in [0.15, 0.2) is 36.8 Å². The van der Waals surface area contributed by atoms with Crippen molar-refractivity contribution in [2.45, 2.75) is 33.8 Å². The van der Waals surface area contributed by atoms with Crippen molar-refractivity contribution in [3.05, 3.63) is 53.7 Å². The zero-order valence-electron chi connectivity index (χ0n) is 23.0. The summed E-state index contributed by atoms with van der Waals surface area (Å²) in [6.45, 7) is 12.5. The van der Waals surface area contributed by atoms with Crippen LogP contribution in [0.25, 0.3) is 22.7 Å². The van der Waals surface area contributed by atoms with Gasteiger partial charge in [-0.05, 0) is 45.4 Å². The number of anilines is 1. The van der Waals surface area contributed by atoms with E-state index < -0.39 is 5.82 Å². The second-order valence-corrected chi connectivity index (χ2v) is 9.88. The molecule has 3 aromatic heterocycles. The number of carbonyl (C=O) groups excluding carboxylic acids is 1. The van der Waals surface area contributed by atoms with Gasteiger partial charge in [0.25, 0.3) is 0 Å². The minimum Gasteiger partial charge on any atom is -0.494 e. The molecule has 0 radical (unpaired) electrons. The summed E-state index contributed by atoms with van der Waals surface area (Å²) in [4.78, 5) is 21.2. The average molecular weight is 536 g/mol. The van der Waals surface area contributed by atoms with Crippen molar-refractivity contribution in [2.24, 2.45) is 0 Å². The molecule has 0 spiro atoms. The van der Waals surface area contributed by atoms with Crippen LogP contribution in [0.3, 0.4) is 0 Å². The summed E-state index contributed by atoms with van der Waals surface area (Å²) < 4.78 is 29.3. The highest BCUT2D eigenvalue weighted by atomic mass is 19.1. The van der Waals surface area contributed by atoms with E-state index in [1.165, 1.54) is 19.1 Å². The molecule has 1 aromatic carbocycles. The Bertz CT molecular complexity index is 1490. The van der Waals surface area contributed by atoms with Crippen LogP contribution >= 0.6 is 0 Å². The molecule has 1 atom stereocenters. The van der Waals surface area contributed by atoms with Crippen molar-refractivity contribution in [2.75, 3.05) is 51.3 Å². The van der Waals surface area contributed by atoms with E-state index in [1.807, 2.05) is 23.6 Å². The molecule has 0 aliphatic carbocycles. The van der Waals surface area contributed by atoms with E-state index in [0.29, 0.717) is 16.9 Å². The molecule has 5 rings (SSSR count). The SMILES string of the molecule is CCO[C@H](C)CN1CCN(c2cn3c(-c4cn(-c5cc(C(C)=O)c(F)cc5C)nn4)cnc3cc2OC)CC1. The van der Waals surface area contributed by atoms with E-state index in [0.717, 1.165) is 62.1 Å². The van der Waals surface area contributed by atoms with Crippen molar-refractivity contribution < 1.29 is 18.7 Å². The predicted molar refractivity (Wildman–Crippen MR) is 147 cm³/mol. The standard InChI is InChI=1S/C28H34FN7O3/c1-6-39-19(3)15-33-7-9-34(10-8-33)26-17-35-25(14-30-28(35)13-27(26)38-5)23-16-36(32-31-23)24-12-21(20(4)37)22(29)11-18(24)2/h11-14,16-17,19H,6-10,15H2,1-5H3/t19-/m1/s1. The molecule has 0 saturated carbocycles. The number of rotatable bonds is 9. The van der Waals surface area contributed by atoms with Crippen LogP contribution in [0, 0.1) is 12.7 Å². The minimum atomic E-state index is -0.544. The van der Waals surface area contributed by atoms with Crippen molar-refractivity contribution in [1.82, 2.24) is 29.3 Å². The van der Waals surface area contributed by atoms with Gasteiger partial charge in [0.05, 0.1) is 48.2 Å². The molecule has 1 fully saturated rings. The van der Waals surface area contributed by atoms with Crippen LogP contribution in [0.4, 0.5) is 10.1 Å². The fourth-order valence-electron chi connectivity index (χ4n) is 5.13. The molecular weight excluding hydrogens is 501 g/mol. The number of Topliss-reactive ketones (excluding diaryl/α,β-unsaturated/α-hetero) is 1. The molecule has 11 heteroatoms. The highest BCUT2D eigenvalue weighted by Crippen LogP contribution is 2.33. The number of halogens is 1. The highest BCUT2D eigenvalue weighted by Gasteiger charge is 2.23. The summed E-state index contributed by atoms with van der Waals surface area (Å²) >= 11 is 0. The van der Waals surface area contributed by atoms with Crippen LogP contribution in [-0.2, 0) is 4.74 Å². The van der Waals surface area contributed by atoms with Gasteiger partial charge in [0, 0.05) is 51.6 Å². The van der Waals surface area contributed by atoms with E-state index in [1.54, 1.807) is 31.1 Å². The van der Waals surface area contributed by atoms with Crippen molar-refractivity contribution in [1.29, 1.82) is 0 Å². The first-order valence-electron chi connectivity index (χ1n) is 13.2. The number of piperazine rings is 1. The molecule has 4 heterocycles. The molecule has 1 aliphatic rings. The Hall–Kier alpha value is -3.83. The number of aromatic nitrogens is 5. The first-order chi connectivity index (χ1) is 18.8. The van der Waals surface area contributed by atoms with E-state index in [9.17, 15) is 9.18 Å². The number of ether oxygens (including phenoxy) is 2. The lowest BCUT2D eigenvalue weighted by atomic mass is 10.1. The third kappa shape index (κ3) is 5.37. The lowest BCUT2D eigenvalue weighted by Crippen LogP contribution is -2.48. The van der Waals surface area contributed by atoms with Crippen LogP contribution in [0.5, 0.6) is 5.75 Å². The molecular formula is C28H34FN7O3. The summed E-state index contributed by atoms with van der Waals surface area (Å²) in [5, 5.41) is 8.64. The molecule has 1 aliphatic heterocycles. The van der Waals surface area contributed by atoms with Crippen LogP contribution in [0.1, 0.15) is 36.7 Å². The highest BCUT2D eigenvalue weighted by molar-refractivity contribution is 5.95. The maximum atomic E-state index is 14.3. The number of pyridine rings is 1. The fraction of sp³-hybridized carbons (Fsp3) is 0.429. The lowest BCUT2D eigenvalue weighted by molar-refractivity contribution is 0.0442. The predicted octanol–water partition coefficient (Wildman–Crippen LogP) is 3.79. The van der Waals surface area contributed by atoms with Crippen LogP contribution < -0.4 is 9.64 Å².